The molecule has 2 atom stereocenters. The quantitative estimate of drug-likeness (QED) is 0.755. The smallest absolute Gasteiger partial charge is 0.248 e. The highest BCUT2D eigenvalue weighted by atomic mass is 35.5. The minimum absolute atomic E-state index is 0.0893. The lowest BCUT2D eigenvalue weighted by Gasteiger charge is -2.46. The molecule has 0 aromatic heterocycles. The standard InChI is InChI=1S/C22H27ClFN3O2/c1-26(2)13-18-14-27(12-16-6-7-19(24)11-20(16)23)9-8-22(18,29)17-5-3-4-15(10-17)21(25)28/h3-7,10-11,18,29H,8-9,12-14H2,1-2H3,(H2,25,28)/t18-,22-/m0/s1. The van der Waals surface area contributed by atoms with E-state index in [-0.39, 0.29) is 11.7 Å². The highest BCUT2D eigenvalue weighted by molar-refractivity contribution is 6.31. The summed E-state index contributed by atoms with van der Waals surface area (Å²) in [6.07, 6.45) is 0.506. The third-order valence-corrected chi connectivity index (χ3v) is 5.96. The van der Waals surface area contributed by atoms with Crippen molar-refractivity contribution in [1.29, 1.82) is 0 Å². The molecule has 29 heavy (non-hydrogen) atoms. The molecule has 1 fully saturated rings. The normalized spacial score (nSPS) is 22.8. The Kier molecular flexibility index (Phi) is 6.58. The predicted octanol–water partition coefficient (Wildman–Crippen LogP) is 2.85. The number of carbonyl (C=O) groups excluding carboxylic acids is 1. The molecule has 3 rings (SSSR count). The SMILES string of the molecule is CN(C)C[C@H]1CN(Cc2ccc(F)cc2Cl)CC[C@]1(O)c1cccc(C(N)=O)c1. The first-order valence-electron chi connectivity index (χ1n) is 9.63. The summed E-state index contributed by atoms with van der Waals surface area (Å²) in [6.45, 7) is 2.55. The summed E-state index contributed by atoms with van der Waals surface area (Å²) in [5, 5.41) is 12.1. The Labute approximate surface area is 175 Å². The van der Waals surface area contributed by atoms with E-state index in [0.717, 1.165) is 5.56 Å². The van der Waals surface area contributed by atoms with Gasteiger partial charge in [-0.25, -0.2) is 4.39 Å². The molecule has 1 heterocycles. The summed E-state index contributed by atoms with van der Waals surface area (Å²) in [4.78, 5) is 15.9. The van der Waals surface area contributed by atoms with Gasteiger partial charge in [-0.15, -0.1) is 0 Å². The minimum atomic E-state index is -1.07. The Morgan fingerprint density at radius 1 is 1.34 bits per heavy atom. The van der Waals surface area contributed by atoms with Crippen LogP contribution >= 0.6 is 11.6 Å². The molecule has 0 saturated carbocycles. The second-order valence-corrected chi connectivity index (χ2v) is 8.46. The third kappa shape index (κ3) is 4.95. The number of piperidine rings is 1. The van der Waals surface area contributed by atoms with Crippen LogP contribution in [0.5, 0.6) is 0 Å². The van der Waals surface area contributed by atoms with Crippen LogP contribution in [0.3, 0.4) is 0 Å². The highest BCUT2D eigenvalue weighted by Crippen LogP contribution is 2.39. The molecular weight excluding hydrogens is 393 g/mol. The van der Waals surface area contributed by atoms with Crippen molar-refractivity contribution in [2.45, 2.75) is 18.6 Å². The minimum Gasteiger partial charge on any atom is -0.385 e. The Morgan fingerprint density at radius 2 is 2.10 bits per heavy atom. The summed E-state index contributed by atoms with van der Waals surface area (Å²) >= 11 is 6.20. The van der Waals surface area contributed by atoms with Crippen molar-refractivity contribution in [3.8, 4) is 0 Å². The molecule has 0 spiro atoms. The van der Waals surface area contributed by atoms with Crippen molar-refractivity contribution in [2.75, 3.05) is 33.7 Å². The van der Waals surface area contributed by atoms with Crippen molar-refractivity contribution in [3.05, 3.63) is 70.0 Å². The first-order chi connectivity index (χ1) is 13.7. The zero-order valence-electron chi connectivity index (χ0n) is 16.7. The number of nitrogens with zero attached hydrogens (tertiary/aromatic N) is 2. The van der Waals surface area contributed by atoms with Crippen LogP contribution in [0.15, 0.2) is 42.5 Å². The average Bonchev–Trinajstić information content (AvgIpc) is 2.66. The number of hydrogen-bond acceptors (Lipinski definition) is 4. The van der Waals surface area contributed by atoms with Crippen LogP contribution in [0.4, 0.5) is 4.39 Å². The van der Waals surface area contributed by atoms with Gasteiger partial charge in [-0.2, -0.15) is 0 Å². The fourth-order valence-corrected chi connectivity index (χ4v) is 4.32. The van der Waals surface area contributed by atoms with Gasteiger partial charge in [0.15, 0.2) is 0 Å². The van der Waals surface area contributed by atoms with Gasteiger partial charge in [0.2, 0.25) is 5.91 Å². The van der Waals surface area contributed by atoms with E-state index in [2.05, 4.69) is 4.90 Å². The molecule has 2 aromatic rings. The first-order valence-corrected chi connectivity index (χ1v) is 10.0. The van der Waals surface area contributed by atoms with Crippen LogP contribution in [-0.4, -0.2) is 54.5 Å². The van der Waals surface area contributed by atoms with Crippen LogP contribution in [0, 0.1) is 11.7 Å². The second-order valence-electron chi connectivity index (χ2n) is 8.05. The van der Waals surface area contributed by atoms with Gasteiger partial charge in [-0.3, -0.25) is 9.69 Å². The fraction of sp³-hybridized carbons (Fsp3) is 0.409. The van der Waals surface area contributed by atoms with Crippen LogP contribution < -0.4 is 5.73 Å². The number of amides is 1. The maximum Gasteiger partial charge on any atom is 0.248 e. The fourth-order valence-electron chi connectivity index (χ4n) is 4.09. The summed E-state index contributed by atoms with van der Waals surface area (Å²) in [7, 11) is 3.94. The number of likely N-dealkylation sites (tertiary alicyclic amines) is 1. The van der Waals surface area contributed by atoms with Gasteiger partial charge < -0.3 is 15.7 Å². The van der Waals surface area contributed by atoms with Gasteiger partial charge in [0.1, 0.15) is 5.82 Å². The molecule has 156 valence electrons. The highest BCUT2D eigenvalue weighted by Gasteiger charge is 2.43. The van der Waals surface area contributed by atoms with Crippen molar-refractivity contribution in [3.63, 3.8) is 0 Å². The van der Waals surface area contributed by atoms with E-state index >= 15 is 0 Å². The van der Waals surface area contributed by atoms with Gasteiger partial charge in [0.05, 0.1) is 5.60 Å². The average molecular weight is 420 g/mol. The largest absolute Gasteiger partial charge is 0.385 e. The summed E-state index contributed by atoms with van der Waals surface area (Å²) in [6, 6.07) is 11.4. The molecular formula is C22H27ClFN3O2. The number of benzene rings is 2. The molecule has 0 radical (unpaired) electrons. The molecule has 1 aliphatic heterocycles. The van der Waals surface area contributed by atoms with Crippen molar-refractivity contribution < 1.29 is 14.3 Å². The molecule has 1 amide bonds. The van der Waals surface area contributed by atoms with Gasteiger partial charge in [0.25, 0.3) is 0 Å². The van der Waals surface area contributed by atoms with E-state index in [1.54, 1.807) is 24.3 Å². The van der Waals surface area contributed by atoms with Crippen LogP contribution in [-0.2, 0) is 12.1 Å². The maximum atomic E-state index is 13.3. The van der Waals surface area contributed by atoms with E-state index in [1.807, 2.05) is 25.1 Å². The molecule has 1 aliphatic rings. The van der Waals surface area contributed by atoms with Gasteiger partial charge in [0, 0.05) is 42.7 Å². The number of halogens is 2. The number of nitrogens with two attached hydrogens (primary N) is 1. The van der Waals surface area contributed by atoms with Crippen LogP contribution in [0.1, 0.15) is 27.9 Å². The topological polar surface area (TPSA) is 69.8 Å². The lowest BCUT2D eigenvalue weighted by molar-refractivity contribution is -0.0862. The number of hydrogen-bond donors (Lipinski definition) is 2. The lowest BCUT2D eigenvalue weighted by Crippen LogP contribution is -2.52. The second kappa shape index (κ2) is 8.79. The van der Waals surface area contributed by atoms with E-state index in [0.29, 0.717) is 48.7 Å². The zero-order chi connectivity index (χ0) is 21.2. The molecule has 0 unspecified atom stereocenters. The monoisotopic (exact) mass is 419 g/mol. The molecule has 3 N–H and O–H groups in total. The van der Waals surface area contributed by atoms with Gasteiger partial charge >= 0.3 is 0 Å². The molecule has 0 bridgehead atoms. The van der Waals surface area contributed by atoms with Crippen molar-refractivity contribution in [2.24, 2.45) is 11.7 Å². The number of carbonyl (C=O) groups is 1. The Hall–Kier alpha value is -1.99. The van der Waals surface area contributed by atoms with Gasteiger partial charge in [-0.05, 0) is 55.9 Å². The lowest BCUT2D eigenvalue weighted by atomic mass is 9.75. The van der Waals surface area contributed by atoms with E-state index in [1.165, 1.54) is 12.1 Å². The summed E-state index contributed by atoms with van der Waals surface area (Å²) in [5.41, 5.74) is 6.31. The summed E-state index contributed by atoms with van der Waals surface area (Å²) in [5.74, 6) is -0.955. The van der Waals surface area contributed by atoms with Crippen LogP contribution in [0.2, 0.25) is 5.02 Å². The van der Waals surface area contributed by atoms with E-state index < -0.39 is 11.5 Å². The van der Waals surface area contributed by atoms with E-state index in [9.17, 15) is 14.3 Å². The molecule has 0 aliphatic carbocycles. The molecule has 5 nitrogen and oxygen atoms in total. The Morgan fingerprint density at radius 3 is 2.76 bits per heavy atom. The predicted molar refractivity (Wildman–Crippen MR) is 112 cm³/mol. The maximum absolute atomic E-state index is 13.3. The number of rotatable bonds is 6. The molecule has 1 saturated heterocycles. The third-order valence-electron chi connectivity index (χ3n) is 5.60. The summed E-state index contributed by atoms with van der Waals surface area (Å²) < 4.78 is 13.3. The molecule has 2 aromatic carbocycles. The number of aliphatic hydroxyl groups is 1. The number of primary amides is 1. The van der Waals surface area contributed by atoms with E-state index in [4.69, 9.17) is 17.3 Å². The first kappa shape index (κ1) is 21.7. The molecule has 7 heteroatoms. The Balaban J connectivity index is 1.85. The van der Waals surface area contributed by atoms with Crippen LogP contribution in [0.25, 0.3) is 0 Å². The van der Waals surface area contributed by atoms with Crippen molar-refractivity contribution in [1.82, 2.24) is 9.80 Å². The zero-order valence-corrected chi connectivity index (χ0v) is 17.5. The Bertz CT molecular complexity index is 892. The van der Waals surface area contributed by atoms with Gasteiger partial charge in [-0.1, -0.05) is 29.8 Å². The van der Waals surface area contributed by atoms with Crippen molar-refractivity contribution >= 4 is 17.5 Å².